The Morgan fingerprint density at radius 3 is 2.69 bits per heavy atom. The second-order valence-corrected chi connectivity index (χ2v) is 3.04. The molecule has 90 valence electrons. The smallest absolute Gasteiger partial charge is 0.340 e. The number of aromatic nitrogens is 1. The van der Waals surface area contributed by atoms with Crippen molar-refractivity contribution in [3.63, 3.8) is 0 Å². The van der Waals surface area contributed by atoms with E-state index in [0.717, 1.165) is 6.20 Å². The van der Waals surface area contributed by atoms with Crippen molar-refractivity contribution >= 4 is 0 Å². The molecule has 1 rings (SSSR count). The first-order chi connectivity index (χ1) is 7.47. The van der Waals surface area contributed by atoms with Crippen LogP contribution in [-0.4, -0.2) is 23.9 Å². The zero-order valence-corrected chi connectivity index (χ0v) is 8.17. The second-order valence-electron chi connectivity index (χ2n) is 3.04. The molecule has 0 aliphatic heterocycles. The van der Waals surface area contributed by atoms with E-state index in [1.807, 2.05) is 0 Å². The van der Waals surface area contributed by atoms with Gasteiger partial charge in [-0.1, -0.05) is 0 Å². The van der Waals surface area contributed by atoms with Gasteiger partial charge in [0, 0.05) is 18.3 Å². The van der Waals surface area contributed by atoms with Crippen LogP contribution in [-0.2, 0) is 6.54 Å². The minimum absolute atomic E-state index is 0.00896. The molecule has 0 aromatic carbocycles. The first-order valence-corrected chi connectivity index (χ1v) is 4.39. The van der Waals surface area contributed by atoms with E-state index in [1.54, 1.807) is 0 Å². The summed E-state index contributed by atoms with van der Waals surface area (Å²) in [7, 11) is 0. The molecule has 3 nitrogen and oxygen atoms in total. The van der Waals surface area contributed by atoms with Crippen LogP contribution in [0.5, 0.6) is 5.75 Å². The minimum atomic E-state index is -4.18. The molecule has 0 saturated heterocycles. The lowest BCUT2D eigenvalue weighted by Crippen LogP contribution is -2.34. The molecule has 0 bridgehead atoms. The third-order valence-electron chi connectivity index (χ3n) is 1.83. The van der Waals surface area contributed by atoms with Crippen LogP contribution in [0.4, 0.5) is 17.6 Å². The number of rotatable bonds is 5. The maximum absolute atomic E-state index is 12.5. The third-order valence-corrected chi connectivity index (χ3v) is 1.83. The normalized spacial score (nSPS) is 11.9. The van der Waals surface area contributed by atoms with E-state index in [1.165, 1.54) is 12.3 Å². The van der Waals surface area contributed by atoms with Crippen molar-refractivity contribution in [1.82, 2.24) is 4.98 Å². The summed E-state index contributed by atoms with van der Waals surface area (Å²) in [5.74, 6) is -4.19. The fraction of sp³-hybridized carbons (Fsp3) is 0.444. The first kappa shape index (κ1) is 12.7. The molecule has 0 atom stereocenters. The zero-order chi connectivity index (χ0) is 12.2. The summed E-state index contributed by atoms with van der Waals surface area (Å²) >= 11 is 0. The molecule has 16 heavy (non-hydrogen) atoms. The van der Waals surface area contributed by atoms with Crippen LogP contribution in [0.3, 0.4) is 0 Å². The Bertz CT molecular complexity index is 346. The monoisotopic (exact) mass is 238 g/mol. The van der Waals surface area contributed by atoms with Gasteiger partial charge in [0.15, 0.2) is 6.61 Å². The average molecular weight is 238 g/mol. The van der Waals surface area contributed by atoms with E-state index < -0.39 is 19.0 Å². The van der Waals surface area contributed by atoms with Gasteiger partial charge in [-0.2, -0.15) is 8.78 Å². The SMILES string of the molecule is NCc1ccncc1OCC(F)(F)C(F)F. The van der Waals surface area contributed by atoms with Gasteiger partial charge in [-0.25, -0.2) is 8.78 Å². The number of alkyl halides is 4. The summed E-state index contributed by atoms with van der Waals surface area (Å²) < 4.78 is 53.3. The molecule has 7 heteroatoms. The molecule has 1 heterocycles. The van der Waals surface area contributed by atoms with E-state index in [-0.39, 0.29) is 12.3 Å². The van der Waals surface area contributed by atoms with Crippen molar-refractivity contribution in [2.24, 2.45) is 5.73 Å². The van der Waals surface area contributed by atoms with Crippen molar-refractivity contribution in [1.29, 1.82) is 0 Å². The van der Waals surface area contributed by atoms with Gasteiger partial charge < -0.3 is 10.5 Å². The molecular weight excluding hydrogens is 228 g/mol. The summed E-state index contributed by atoms with van der Waals surface area (Å²) in [5.41, 5.74) is 5.74. The van der Waals surface area contributed by atoms with E-state index in [9.17, 15) is 17.6 Å². The topological polar surface area (TPSA) is 48.1 Å². The first-order valence-electron chi connectivity index (χ1n) is 4.39. The lowest BCUT2D eigenvalue weighted by molar-refractivity contribution is -0.148. The number of nitrogens with two attached hydrogens (primary N) is 1. The Labute approximate surface area is 89.2 Å². The van der Waals surface area contributed by atoms with Crippen LogP contribution in [0, 0.1) is 0 Å². The summed E-state index contributed by atoms with van der Waals surface area (Å²) in [6.45, 7) is -1.35. The maximum Gasteiger partial charge on any atom is 0.340 e. The number of nitrogens with zero attached hydrogens (tertiary/aromatic N) is 1. The van der Waals surface area contributed by atoms with Crippen molar-refractivity contribution in [2.75, 3.05) is 6.61 Å². The third kappa shape index (κ3) is 3.06. The number of hydrogen-bond acceptors (Lipinski definition) is 3. The second kappa shape index (κ2) is 5.11. The predicted molar refractivity (Wildman–Crippen MR) is 48.6 cm³/mol. The predicted octanol–water partition coefficient (Wildman–Crippen LogP) is 1.82. The lowest BCUT2D eigenvalue weighted by Gasteiger charge is -2.16. The molecule has 1 aromatic rings. The van der Waals surface area contributed by atoms with Gasteiger partial charge in [0.1, 0.15) is 5.75 Å². The van der Waals surface area contributed by atoms with Crippen LogP contribution in [0.2, 0.25) is 0 Å². The van der Waals surface area contributed by atoms with Gasteiger partial charge in [0.05, 0.1) is 6.20 Å². The Balaban J connectivity index is 2.67. The molecule has 0 unspecified atom stereocenters. The van der Waals surface area contributed by atoms with Crippen LogP contribution >= 0.6 is 0 Å². The molecule has 0 aliphatic rings. The molecule has 0 saturated carbocycles. The van der Waals surface area contributed by atoms with E-state index in [2.05, 4.69) is 9.72 Å². The molecule has 0 spiro atoms. The highest BCUT2D eigenvalue weighted by molar-refractivity contribution is 5.29. The quantitative estimate of drug-likeness (QED) is 0.796. The molecule has 0 radical (unpaired) electrons. The largest absolute Gasteiger partial charge is 0.485 e. The van der Waals surface area contributed by atoms with Crippen molar-refractivity contribution in [3.8, 4) is 5.75 Å². The maximum atomic E-state index is 12.5. The number of pyridine rings is 1. The van der Waals surface area contributed by atoms with Gasteiger partial charge >= 0.3 is 12.3 Å². The summed E-state index contributed by atoms with van der Waals surface area (Å²) in [6, 6.07) is 1.47. The molecule has 0 amide bonds. The zero-order valence-electron chi connectivity index (χ0n) is 8.17. The Morgan fingerprint density at radius 1 is 1.44 bits per heavy atom. The fourth-order valence-electron chi connectivity index (χ4n) is 0.944. The van der Waals surface area contributed by atoms with Crippen LogP contribution < -0.4 is 10.5 Å². The van der Waals surface area contributed by atoms with Crippen LogP contribution in [0.15, 0.2) is 18.5 Å². The highest BCUT2D eigenvalue weighted by Crippen LogP contribution is 2.25. The van der Waals surface area contributed by atoms with Crippen molar-refractivity contribution < 1.29 is 22.3 Å². The minimum Gasteiger partial charge on any atom is -0.485 e. The molecule has 0 fully saturated rings. The summed E-state index contributed by atoms with van der Waals surface area (Å²) in [5, 5.41) is 0. The summed E-state index contributed by atoms with van der Waals surface area (Å²) in [4.78, 5) is 3.63. The average Bonchev–Trinajstić information content (AvgIpc) is 2.26. The highest BCUT2D eigenvalue weighted by Gasteiger charge is 2.41. The number of hydrogen-bond donors (Lipinski definition) is 1. The van der Waals surface area contributed by atoms with Gasteiger partial charge in [-0.3, -0.25) is 4.98 Å². The Morgan fingerprint density at radius 2 is 2.12 bits per heavy atom. The van der Waals surface area contributed by atoms with Crippen LogP contribution in [0.25, 0.3) is 0 Å². The Hall–Kier alpha value is -1.37. The molecular formula is C9H10F4N2O. The lowest BCUT2D eigenvalue weighted by atomic mass is 10.2. The van der Waals surface area contributed by atoms with E-state index in [4.69, 9.17) is 5.73 Å². The van der Waals surface area contributed by atoms with Gasteiger partial charge in [-0.15, -0.1) is 0 Å². The Kier molecular flexibility index (Phi) is 4.05. The fourth-order valence-corrected chi connectivity index (χ4v) is 0.944. The molecule has 1 aromatic heterocycles. The van der Waals surface area contributed by atoms with Crippen molar-refractivity contribution in [2.45, 2.75) is 18.9 Å². The van der Waals surface area contributed by atoms with Gasteiger partial charge in [0.2, 0.25) is 0 Å². The highest BCUT2D eigenvalue weighted by atomic mass is 19.3. The molecule has 0 aliphatic carbocycles. The van der Waals surface area contributed by atoms with Gasteiger partial charge in [-0.05, 0) is 6.07 Å². The van der Waals surface area contributed by atoms with E-state index in [0.29, 0.717) is 5.56 Å². The number of halogens is 4. The number of ether oxygens (including phenoxy) is 1. The summed E-state index contributed by atoms with van der Waals surface area (Å²) in [6.07, 6.45) is -1.20. The molecule has 2 N–H and O–H groups in total. The van der Waals surface area contributed by atoms with Gasteiger partial charge in [0.25, 0.3) is 0 Å². The van der Waals surface area contributed by atoms with E-state index >= 15 is 0 Å². The standard InChI is InChI=1S/C9H10F4N2O/c10-8(11)9(12,13)5-16-7-4-15-2-1-6(7)3-14/h1-2,4,8H,3,5,14H2. The van der Waals surface area contributed by atoms with Crippen molar-refractivity contribution in [3.05, 3.63) is 24.0 Å². The van der Waals surface area contributed by atoms with Crippen LogP contribution in [0.1, 0.15) is 5.56 Å².